The Morgan fingerprint density at radius 1 is 1.22 bits per heavy atom. The largest absolute Gasteiger partial charge is 0.299 e. The lowest BCUT2D eigenvalue weighted by Crippen LogP contribution is -2.16. The molecule has 1 aliphatic carbocycles. The molecule has 1 saturated carbocycles. The van der Waals surface area contributed by atoms with Crippen LogP contribution in [0.1, 0.15) is 44.1 Å². The monoisotopic (exact) mass is 312 g/mol. The molecule has 0 aromatic heterocycles. The van der Waals surface area contributed by atoms with Crippen molar-refractivity contribution >= 4 is 21.7 Å². The van der Waals surface area contributed by atoms with Gasteiger partial charge in [0.2, 0.25) is 0 Å². The Hall–Kier alpha value is -0.700. The zero-order valence-electron chi connectivity index (χ0n) is 10.4. The topological polar surface area (TPSA) is 17.1 Å². The van der Waals surface area contributed by atoms with Crippen molar-refractivity contribution in [3.8, 4) is 0 Å². The van der Waals surface area contributed by atoms with Gasteiger partial charge in [-0.2, -0.15) is 0 Å². The number of ketones is 1. The van der Waals surface area contributed by atoms with Gasteiger partial charge in [-0.15, -0.1) is 0 Å². The first kappa shape index (κ1) is 13.7. The summed E-state index contributed by atoms with van der Waals surface area (Å²) in [5.74, 6) is 0.251. The normalized spacial score (nSPS) is 17.4. The molecule has 1 nitrogen and oxygen atoms in total. The Bertz CT molecular complexity index is 423. The van der Waals surface area contributed by atoms with Gasteiger partial charge in [-0.25, -0.2) is 4.39 Å². The summed E-state index contributed by atoms with van der Waals surface area (Å²) in [6.07, 6.45) is 7.32. The molecule has 1 aromatic rings. The lowest BCUT2D eigenvalue weighted by molar-refractivity contribution is -0.122. The van der Waals surface area contributed by atoms with Gasteiger partial charge in [-0.05, 0) is 30.5 Å². The van der Waals surface area contributed by atoms with Gasteiger partial charge in [0, 0.05) is 16.8 Å². The molecule has 3 heteroatoms. The number of carbonyl (C=O) groups is 1. The van der Waals surface area contributed by atoms with E-state index in [9.17, 15) is 9.18 Å². The quantitative estimate of drug-likeness (QED) is 0.741. The van der Waals surface area contributed by atoms with Gasteiger partial charge in [0.15, 0.2) is 0 Å². The summed E-state index contributed by atoms with van der Waals surface area (Å²) in [5.41, 5.74) is 0.894. The van der Waals surface area contributed by atoms with Gasteiger partial charge < -0.3 is 0 Å². The minimum atomic E-state index is -0.271. The van der Waals surface area contributed by atoms with E-state index in [1.165, 1.54) is 37.8 Å². The van der Waals surface area contributed by atoms with E-state index in [1.54, 1.807) is 6.07 Å². The first-order valence-corrected chi connectivity index (χ1v) is 7.43. The maximum absolute atomic E-state index is 13.0. The molecule has 0 unspecified atom stereocenters. The second-order valence-electron chi connectivity index (χ2n) is 5.07. The molecule has 1 aliphatic rings. The average molecular weight is 313 g/mol. The van der Waals surface area contributed by atoms with Crippen LogP contribution in [0.15, 0.2) is 22.7 Å². The van der Waals surface area contributed by atoms with E-state index in [0.717, 1.165) is 18.4 Å². The molecule has 18 heavy (non-hydrogen) atoms. The number of hydrogen-bond donors (Lipinski definition) is 0. The number of carbonyl (C=O) groups excluding carboxylic acids is 1. The summed E-state index contributed by atoms with van der Waals surface area (Å²) < 4.78 is 13.7. The van der Waals surface area contributed by atoms with E-state index in [2.05, 4.69) is 15.9 Å². The van der Waals surface area contributed by atoms with Crippen LogP contribution in [-0.4, -0.2) is 5.78 Å². The highest BCUT2D eigenvalue weighted by Crippen LogP contribution is 2.26. The number of Topliss-reactive ketones (excluding diaryl/α,β-unsaturated/α-hetero) is 1. The Labute approximate surface area is 116 Å². The minimum absolute atomic E-state index is 0.212. The van der Waals surface area contributed by atoms with Crippen molar-refractivity contribution in [3.63, 3.8) is 0 Å². The molecule has 0 atom stereocenters. The molecule has 0 spiro atoms. The van der Waals surface area contributed by atoms with Gasteiger partial charge in [0.1, 0.15) is 11.6 Å². The summed E-state index contributed by atoms with van der Waals surface area (Å²) in [4.78, 5) is 12.2. The van der Waals surface area contributed by atoms with Crippen molar-refractivity contribution in [2.75, 3.05) is 0 Å². The molecule has 1 fully saturated rings. The lowest BCUT2D eigenvalue weighted by Gasteiger charge is -2.13. The highest BCUT2D eigenvalue weighted by atomic mass is 79.9. The summed E-state index contributed by atoms with van der Waals surface area (Å²) >= 11 is 3.32. The van der Waals surface area contributed by atoms with Crippen LogP contribution in [0.2, 0.25) is 0 Å². The van der Waals surface area contributed by atoms with Crippen LogP contribution < -0.4 is 0 Å². The van der Waals surface area contributed by atoms with Crippen molar-refractivity contribution in [3.05, 3.63) is 34.1 Å². The lowest BCUT2D eigenvalue weighted by atomic mass is 9.91. The second-order valence-corrected chi connectivity index (χ2v) is 5.92. The highest BCUT2D eigenvalue weighted by Gasteiger charge is 2.20. The third-order valence-electron chi connectivity index (χ3n) is 3.69. The molecular weight excluding hydrogens is 295 g/mol. The number of halogens is 2. The number of rotatable bonds is 3. The fraction of sp³-hybridized carbons (Fsp3) is 0.533. The molecule has 2 rings (SSSR count). The second kappa shape index (κ2) is 6.46. The molecule has 0 radical (unpaired) electrons. The van der Waals surface area contributed by atoms with E-state index in [-0.39, 0.29) is 11.7 Å². The SMILES string of the molecule is O=C(Cc1ccc(F)cc1Br)C1CCCCCC1. The van der Waals surface area contributed by atoms with Crippen molar-refractivity contribution in [1.29, 1.82) is 0 Å². The van der Waals surface area contributed by atoms with Crippen LogP contribution in [0.3, 0.4) is 0 Å². The Kier molecular flexibility index (Phi) is 4.93. The van der Waals surface area contributed by atoms with Gasteiger partial charge in [-0.1, -0.05) is 47.7 Å². The molecule has 0 saturated heterocycles. The molecule has 98 valence electrons. The van der Waals surface area contributed by atoms with Crippen LogP contribution in [0, 0.1) is 11.7 Å². The standard InChI is InChI=1S/C15H18BrFO/c16-14-10-13(17)8-7-12(14)9-15(18)11-5-3-1-2-4-6-11/h7-8,10-11H,1-6,9H2. The van der Waals surface area contributed by atoms with Crippen LogP contribution in [0.5, 0.6) is 0 Å². The Morgan fingerprint density at radius 3 is 2.50 bits per heavy atom. The van der Waals surface area contributed by atoms with Crippen molar-refractivity contribution in [2.45, 2.75) is 44.9 Å². The van der Waals surface area contributed by atoms with E-state index < -0.39 is 0 Å². The number of hydrogen-bond acceptors (Lipinski definition) is 1. The van der Waals surface area contributed by atoms with Gasteiger partial charge in [0.25, 0.3) is 0 Å². The molecule has 0 aliphatic heterocycles. The van der Waals surface area contributed by atoms with Crippen LogP contribution >= 0.6 is 15.9 Å². The third-order valence-corrected chi connectivity index (χ3v) is 4.43. The smallest absolute Gasteiger partial charge is 0.140 e. The molecule has 0 amide bonds. The van der Waals surface area contributed by atoms with E-state index in [4.69, 9.17) is 0 Å². The summed E-state index contributed by atoms with van der Waals surface area (Å²) in [6.45, 7) is 0. The van der Waals surface area contributed by atoms with Gasteiger partial charge in [-0.3, -0.25) is 4.79 Å². The van der Waals surface area contributed by atoms with Crippen LogP contribution in [-0.2, 0) is 11.2 Å². The van der Waals surface area contributed by atoms with Crippen molar-refractivity contribution < 1.29 is 9.18 Å². The zero-order valence-corrected chi connectivity index (χ0v) is 12.0. The predicted octanol–water partition coefficient (Wildman–Crippen LogP) is 4.67. The molecule has 0 bridgehead atoms. The maximum Gasteiger partial charge on any atom is 0.140 e. The first-order chi connectivity index (χ1) is 8.66. The summed E-state index contributed by atoms with van der Waals surface area (Å²) in [6, 6.07) is 4.55. The third kappa shape index (κ3) is 3.64. The summed E-state index contributed by atoms with van der Waals surface area (Å²) in [7, 11) is 0. The predicted molar refractivity (Wildman–Crippen MR) is 74.0 cm³/mol. The fourth-order valence-electron chi connectivity index (χ4n) is 2.60. The van der Waals surface area contributed by atoms with Crippen LogP contribution in [0.25, 0.3) is 0 Å². The van der Waals surface area contributed by atoms with Gasteiger partial charge >= 0.3 is 0 Å². The highest BCUT2D eigenvalue weighted by molar-refractivity contribution is 9.10. The zero-order chi connectivity index (χ0) is 13.0. The number of benzene rings is 1. The summed E-state index contributed by atoms with van der Waals surface area (Å²) in [5, 5.41) is 0. The van der Waals surface area contributed by atoms with E-state index in [1.807, 2.05) is 0 Å². The average Bonchev–Trinajstić information content (AvgIpc) is 2.61. The minimum Gasteiger partial charge on any atom is -0.299 e. The van der Waals surface area contributed by atoms with Crippen LogP contribution in [0.4, 0.5) is 4.39 Å². The fourth-order valence-corrected chi connectivity index (χ4v) is 3.09. The Balaban J connectivity index is 2.01. The van der Waals surface area contributed by atoms with E-state index >= 15 is 0 Å². The molecule has 0 N–H and O–H groups in total. The van der Waals surface area contributed by atoms with E-state index in [0.29, 0.717) is 16.7 Å². The molecular formula is C15H18BrFO. The molecule has 1 aromatic carbocycles. The first-order valence-electron chi connectivity index (χ1n) is 6.63. The van der Waals surface area contributed by atoms with Crippen molar-refractivity contribution in [1.82, 2.24) is 0 Å². The molecule has 0 heterocycles. The Morgan fingerprint density at radius 2 is 1.89 bits per heavy atom. The van der Waals surface area contributed by atoms with Gasteiger partial charge in [0.05, 0.1) is 0 Å². The maximum atomic E-state index is 13.0. The van der Waals surface area contributed by atoms with Crippen molar-refractivity contribution in [2.24, 2.45) is 5.92 Å².